The lowest BCUT2D eigenvalue weighted by Crippen LogP contribution is -2.62. The summed E-state index contributed by atoms with van der Waals surface area (Å²) in [5, 5.41) is 17.7. The standard InChI is InChI=1S/C38H49N7O9/c1-3-22(2)32-37(53)40-25(16-17-31(47)48)33(49)41-27(21-30(39)46)34(50)43-28(20-24-13-8-5-9-14-24)38(54)45-18-10-15-29(45)36(52)42-26(35(51)44-32)19-23-11-6-4-7-12-23/h4-9,11-14,22,25-29,32H,3,10,15-21H2,1-2H3,(H2,39,46)(H,40,53)(H,41,49)(H,42,52)(H,43,50)(H,44,51)(H,47,48)/t22-,25-,26+,27-,28-,29-,32-/m0/s1/i/hD2. The molecule has 16 nitrogen and oxygen atoms in total. The van der Waals surface area contributed by atoms with Crippen molar-refractivity contribution in [3.8, 4) is 0 Å². The molecule has 2 aliphatic rings. The molecule has 4 rings (SSSR count). The van der Waals surface area contributed by atoms with Gasteiger partial charge in [0.05, 0.1) is 6.42 Å². The van der Waals surface area contributed by atoms with Gasteiger partial charge in [0.15, 0.2) is 2.82 Å². The molecule has 0 saturated carbocycles. The third kappa shape index (κ3) is 11.3. The van der Waals surface area contributed by atoms with E-state index in [0.29, 0.717) is 22.9 Å². The number of rotatable bonds is 11. The number of hydrogen-bond donors (Lipinski definition) is 7. The van der Waals surface area contributed by atoms with Gasteiger partial charge in [-0.25, -0.2) is 0 Å². The maximum atomic E-state index is 14.4. The van der Waals surface area contributed by atoms with Gasteiger partial charge in [-0.05, 0) is 36.3 Å². The molecule has 7 atom stereocenters. The average Bonchev–Trinajstić information content (AvgIpc) is 3.67. The minimum absolute atomic E-state index is 0.0855. The molecule has 0 radical (unpaired) electrons. The second-order valence-corrected chi connectivity index (χ2v) is 13.6. The van der Waals surface area contributed by atoms with Crippen LogP contribution in [0.25, 0.3) is 0 Å². The van der Waals surface area contributed by atoms with E-state index in [1.165, 1.54) is 4.90 Å². The number of hydrogen-bond acceptors (Lipinski definition) is 8. The first-order chi connectivity index (χ1) is 26.6. The van der Waals surface area contributed by atoms with Crippen LogP contribution in [0, 0.1) is 5.92 Å². The highest BCUT2D eigenvalue weighted by Gasteiger charge is 2.41. The van der Waals surface area contributed by atoms with Crippen LogP contribution in [0.1, 0.15) is 63.5 Å². The van der Waals surface area contributed by atoms with Crippen molar-refractivity contribution in [1.82, 2.24) is 31.5 Å². The molecule has 0 spiro atoms. The predicted molar refractivity (Wildman–Crippen MR) is 195 cm³/mol. The quantitative estimate of drug-likeness (QED) is 0.159. The largest absolute Gasteiger partial charge is 0.481 e. The maximum absolute atomic E-state index is 14.4. The van der Waals surface area contributed by atoms with E-state index in [2.05, 4.69) is 16.0 Å². The Morgan fingerprint density at radius 3 is 1.93 bits per heavy atom. The van der Waals surface area contributed by atoms with Crippen molar-refractivity contribution in [2.45, 2.75) is 101 Å². The van der Waals surface area contributed by atoms with Gasteiger partial charge in [-0.2, -0.15) is 0 Å². The topological polar surface area (TPSA) is 246 Å². The summed E-state index contributed by atoms with van der Waals surface area (Å²) >= 11 is 0. The number of carboxylic acid groups (broad SMARTS) is 1. The van der Waals surface area contributed by atoms with Crippen molar-refractivity contribution in [3.63, 3.8) is 0 Å². The Labute approximate surface area is 316 Å². The smallest absolute Gasteiger partial charge is 0.303 e. The van der Waals surface area contributed by atoms with E-state index in [9.17, 15) is 43.5 Å². The van der Waals surface area contributed by atoms with Gasteiger partial charge in [-0.1, -0.05) is 80.9 Å². The van der Waals surface area contributed by atoms with E-state index in [1.54, 1.807) is 74.5 Å². The summed E-state index contributed by atoms with van der Waals surface area (Å²) in [7, 11) is 0. The van der Waals surface area contributed by atoms with Gasteiger partial charge in [0.2, 0.25) is 41.4 Å². The molecular weight excluding hydrogens is 698 g/mol. The molecule has 0 unspecified atom stereocenters. The maximum Gasteiger partial charge on any atom is 0.303 e. The number of amides is 7. The second-order valence-electron chi connectivity index (χ2n) is 13.6. The van der Waals surface area contributed by atoms with Gasteiger partial charge in [-0.15, -0.1) is 0 Å². The van der Waals surface area contributed by atoms with E-state index in [-0.39, 0.29) is 37.5 Å². The van der Waals surface area contributed by atoms with E-state index in [0.717, 1.165) is 0 Å². The summed E-state index contributed by atoms with van der Waals surface area (Å²) in [6.07, 6.45) is -1.45. The number of nitrogens with one attached hydrogen (secondary N) is 5. The Kier molecular flexibility index (Phi) is 13.6. The molecule has 2 aliphatic heterocycles. The van der Waals surface area contributed by atoms with Crippen LogP contribution in [-0.4, -0.2) is 100 Å². The first-order valence-corrected chi connectivity index (χ1v) is 18.1. The van der Waals surface area contributed by atoms with Crippen LogP contribution in [0.2, 0.25) is 2.82 Å². The molecule has 2 aromatic carbocycles. The highest BCUT2D eigenvalue weighted by atomic mass is 16.4. The summed E-state index contributed by atoms with van der Waals surface area (Å²) in [4.78, 5) is 110. The Morgan fingerprint density at radius 1 is 0.796 bits per heavy atom. The molecule has 16 heteroatoms. The fraction of sp³-hybridized carbons (Fsp3) is 0.474. The van der Waals surface area contributed by atoms with Crippen LogP contribution in [0.4, 0.5) is 0 Å². The molecule has 2 fully saturated rings. The third-order valence-corrected chi connectivity index (χ3v) is 9.59. The van der Waals surface area contributed by atoms with Crippen LogP contribution >= 0.6 is 0 Å². The highest BCUT2D eigenvalue weighted by molar-refractivity contribution is 5.99. The van der Waals surface area contributed by atoms with Crippen molar-refractivity contribution in [1.29, 1.82) is 0 Å². The zero-order valence-electron chi connectivity index (χ0n) is 32.3. The van der Waals surface area contributed by atoms with Crippen LogP contribution in [0.15, 0.2) is 60.7 Å². The number of nitrogens with zero attached hydrogens (tertiary/aromatic N) is 1. The molecular formula is C38H49N7O9. The predicted octanol–water partition coefficient (Wildman–Crippen LogP) is -0.313. The molecule has 0 aliphatic carbocycles. The molecule has 2 aromatic rings. The molecule has 2 heterocycles. The average molecular weight is 750 g/mol. The molecule has 0 bridgehead atoms. The normalized spacial score (nSPS) is 26.0. The Balaban J connectivity index is 1.86. The number of aliphatic carboxylic acids is 1. The molecule has 2 saturated heterocycles. The molecule has 290 valence electrons. The lowest BCUT2D eigenvalue weighted by Gasteiger charge is -2.32. The first-order valence-electron chi connectivity index (χ1n) is 19.0. The van der Waals surface area contributed by atoms with Crippen LogP contribution in [0.5, 0.6) is 0 Å². The van der Waals surface area contributed by atoms with Crippen molar-refractivity contribution in [2.24, 2.45) is 11.7 Å². The van der Waals surface area contributed by atoms with Crippen molar-refractivity contribution < 1.29 is 46.3 Å². The lowest BCUT2D eigenvalue weighted by atomic mass is 9.96. The molecule has 54 heavy (non-hydrogen) atoms. The fourth-order valence-electron chi connectivity index (χ4n) is 6.45. The Morgan fingerprint density at radius 2 is 1.35 bits per heavy atom. The van der Waals surface area contributed by atoms with Crippen LogP contribution in [-0.2, 0) is 51.2 Å². The van der Waals surface area contributed by atoms with Crippen molar-refractivity contribution in [3.05, 3.63) is 71.8 Å². The van der Waals surface area contributed by atoms with Gasteiger partial charge in [-0.3, -0.25) is 38.4 Å². The van der Waals surface area contributed by atoms with E-state index in [1.807, 2.05) is 0 Å². The summed E-state index contributed by atoms with van der Waals surface area (Å²) in [5.74, 6) is -8.93. The molecule has 7 amide bonds. The number of benzene rings is 2. The SMILES string of the molecule is [2H]N1C(=O)[C@@H](Cc2ccccc2)NC(=O)[C@@H]2CCCN2C(=O)[C@H](Cc2ccccc2)NC(=O)[C@H](CC(N)=O)N([2H])C(=O)[C@H](CCC(=O)O)NC(=O)[C@@H]1[C@@H](C)CC. The molecule has 8 N–H and O–H groups in total. The van der Waals surface area contributed by atoms with E-state index in [4.69, 9.17) is 8.56 Å². The minimum Gasteiger partial charge on any atom is -0.481 e. The van der Waals surface area contributed by atoms with Gasteiger partial charge in [0, 0.05) is 25.8 Å². The molecule has 0 aromatic heterocycles. The zero-order valence-corrected chi connectivity index (χ0v) is 30.3. The summed E-state index contributed by atoms with van der Waals surface area (Å²) < 4.78 is 17.7. The van der Waals surface area contributed by atoms with Gasteiger partial charge >= 0.3 is 5.97 Å². The van der Waals surface area contributed by atoms with Crippen molar-refractivity contribution >= 4 is 47.3 Å². The Hall–Kier alpha value is -5.80. The van der Waals surface area contributed by atoms with Crippen molar-refractivity contribution in [2.75, 3.05) is 6.54 Å². The lowest BCUT2D eigenvalue weighted by molar-refractivity contribution is -0.143. The summed E-state index contributed by atoms with van der Waals surface area (Å²) in [5.41, 5.74) is 6.67. The third-order valence-electron chi connectivity index (χ3n) is 9.59. The fourth-order valence-corrected chi connectivity index (χ4v) is 6.45. The number of fused-ring (bicyclic) bond motifs is 1. The second kappa shape index (κ2) is 19.3. The van der Waals surface area contributed by atoms with E-state index < -0.39 is 109 Å². The number of carboxylic acids is 1. The highest BCUT2D eigenvalue weighted by Crippen LogP contribution is 2.21. The zero-order chi connectivity index (χ0) is 41.1. The monoisotopic (exact) mass is 749 g/mol. The number of carbonyl (C=O) groups excluding carboxylic acids is 7. The summed E-state index contributed by atoms with van der Waals surface area (Å²) in [6, 6.07) is 8.09. The number of primary amides is 1. The number of nitrogens with two attached hydrogens (primary N) is 1. The van der Waals surface area contributed by atoms with Gasteiger partial charge in [0.1, 0.15) is 36.3 Å². The van der Waals surface area contributed by atoms with Gasteiger partial charge < -0.3 is 42.3 Å². The Bertz CT molecular complexity index is 1770. The van der Waals surface area contributed by atoms with Crippen LogP contribution < -0.4 is 32.3 Å². The van der Waals surface area contributed by atoms with Gasteiger partial charge in [0.25, 0.3) is 0 Å². The first kappa shape index (κ1) is 37.9. The number of carbonyl (C=O) groups is 8. The van der Waals surface area contributed by atoms with Crippen LogP contribution in [0.3, 0.4) is 0 Å². The van der Waals surface area contributed by atoms with E-state index >= 15 is 0 Å². The minimum atomic E-state index is -1.94. The summed E-state index contributed by atoms with van der Waals surface area (Å²) in [6.45, 7) is 3.39.